The molecule has 0 bridgehead atoms. The normalized spacial score (nSPS) is 14.1. The summed E-state index contributed by atoms with van der Waals surface area (Å²) in [6.45, 7) is 2.58. The summed E-state index contributed by atoms with van der Waals surface area (Å²) in [6.07, 6.45) is 8.26. The number of benzene rings is 1. The lowest BCUT2D eigenvalue weighted by molar-refractivity contribution is 0.586. The molecule has 132 valence electrons. The maximum absolute atomic E-state index is 13.8. The molecule has 4 nitrogen and oxygen atoms in total. The third kappa shape index (κ3) is 4.98. The van der Waals surface area contributed by atoms with E-state index in [1.54, 1.807) is 13.0 Å². The van der Waals surface area contributed by atoms with Gasteiger partial charge in [0.25, 0.3) is 0 Å². The molecule has 0 fully saturated rings. The SMILES string of the molecule is Cc1nc(NCCC2=CCCCC2)cc(Nc2ccc(F)cc2F)n1. The summed E-state index contributed by atoms with van der Waals surface area (Å²) in [5, 5.41) is 6.17. The number of hydrogen-bond acceptors (Lipinski definition) is 4. The zero-order valence-corrected chi connectivity index (χ0v) is 14.3. The van der Waals surface area contributed by atoms with E-state index in [0.717, 1.165) is 19.0 Å². The average molecular weight is 344 g/mol. The highest BCUT2D eigenvalue weighted by atomic mass is 19.1. The number of aryl methyl sites for hydroxylation is 1. The van der Waals surface area contributed by atoms with Gasteiger partial charge in [-0.1, -0.05) is 11.6 Å². The summed E-state index contributed by atoms with van der Waals surface area (Å²) in [7, 11) is 0. The maximum atomic E-state index is 13.8. The Morgan fingerprint density at radius 1 is 1.08 bits per heavy atom. The van der Waals surface area contributed by atoms with Crippen molar-refractivity contribution in [3.8, 4) is 0 Å². The first kappa shape index (κ1) is 17.3. The molecule has 0 saturated carbocycles. The smallest absolute Gasteiger partial charge is 0.149 e. The van der Waals surface area contributed by atoms with Gasteiger partial charge in [0, 0.05) is 18.7 Å². The summed E-state index contributed by atoms with van der Waals surface area (Å²) in [5.74, 6) is 0.467. The van der Waals surface area contributed by atoms with Crippen LogP contribution in [0.4, 0.5) is 26.1 Å². The summed E-state index contributed by atoms with van der Waals surface area (Å²) in [4.78, 5) is 8.62. The highest BCUT2D eigenvalue weighted by molar-refractivity contribution is 5.59. The zero-order valence-electron chi connectivity index (χ0n) is 14.3. The number of aromatic nitrogens is 2. The van der Waals surface area contributed by atoms with Gasteiger partial charge in [-0.2, -0.15) is 0 Å². The van der Waals surface area contributed by atoms with Crippen molar-refractivity contribution in [2.75, 3.05) is 17.2 Å². The molecular formula is C19H22F2N4. The Hall–Kier alpha value is -2.50. The van der Waals surface area contributed by atoms with Crippen LogP contribution in [-0.2, 0) is 0 Å². The zero-order chi connectivity index (χ0) is 17.6. The van der Waals surface area contributed by atoms with E-state index >= 15 is 0 Å². The highest BCUT2D eigenvalue weighted by Crippen LogP contribution is 2.22. The minimum absolute atomic E-state index is 0.179. The van der Waals surface area contributed by atoms with Crippen LogP contribution in [0, 0.1) is 18.6 Å². The molecule has 0 saturated heterocycles. The minimum Gasteiger partial charge on any atom is -0.370 e. The van der Waals surface area contributed by atoms with Crippen LogP contribution in [0.3, 0.4) is 0 Å². The van der Waals surface area contributed by atoms with Crippen LogP contribution in [-0.4, -0.2) is 16.5 Å². The molecular weight excluding hydrogens is 322 g/mol. The molecule has 0 atom stereocenters. The summed E-state index contributed by atoms with van der Waals surface area (Å²) in [6, 6.07) is 5.12. The van der Waals surface area contributed by atoms with E-state index in [4.69, 9.17) is 0 Å². The molecule has 1 aliphatic rings. The Morgan fingerprint density at radius 2 is 1.92 bits per heavy atom. The molecule has 0 radical (unpaired) electrons. The van der Waals surface area contributed by atoms with Gasteiger partial charge in [-0.25, -0.2) is 18.7 Å². The molecule has 1 heterocycles. The Bertz CT molecular complexity index is 774. The molecule has 1 aliphatic carbocycles. The fourth-order valence-corrected chi connectivity index (χ4v) is 2.93. The summed E-state index contributed by atoms with van der Waals surface area (Å²) < 4.78 is 26.8. The van der Waals surface area contributed by atoms with Gasteiger partial charge in [-0.3, -0.25) is 0 Å². The topological polar surface area (TPSA) is 49.8 Å². The lowest BCUT2D eigenvalue weighted by Gasteiger charge is -2.14. The molecule has 0 unspecified atom stereocenters. The predicted octanol–water partition coefficient (Wildman–Crippen LogP) is 5.11. The van der Waals surface area contributed by atoms with Crippen molar-refractivity contribution in [3.05, 3.63) is 53.4 Å². The Kier molecular flexibility index (Phi) is 5.58. The second kappa shape index (κ2) is 8.05. The number of anilines is 3. The van der Waals surface area contributed by atoms with Crippen molar-refractivity contribution in [2.24, 2.45) is 0 Å². The van der Waals surface area contributed by atoms with Gasteiger partial charge in [-0.15, -0.1) is 0 Å². The van der Waals surface area contributed by atoms with Gasteiger partial charge in [0.15, 0.2) is 0 Å². The van der Waals surface area contributed by atoms with Crippen LogP contribution < -0.4 is 10.6 Å². The molecule has 25 heavy (non-hydrogen) atoms. The van der Waals surface area contributed by atoms with Crippen LogP contribution in [0.2, 0.25) is 0 Å². The van der Waals surface area contributed by atoms with Crippen molar-refractivity contribution in [1.82, 2.24) is 9.97 Å². The molecule has 2 N–H and O–H groups in total. The Balaban J connectivity index is 1.64. The molecule has 0 aliphatic heterocycles. The van der Waals surface area contributed by atoms with Crippen molar-refractivity contribution >= 4 is 17.3 Å². The van der Waals surface area contributed by atoms with E-state index in [-0.39, 0.29) is 5.69 Å². The summed E-state index contributed by atoms with van der Waals surface area (Å²) in [5.41, 5.74) is 1.68. The molecule has 3 rings (SSSR count). The van der Waals surface area contributed by atoms with E-state index in [1.807, 2.05) is 0 Å². The van der Waals surface area contributed by atoms with E-state index in [2.05, 4.69) is 26.7 Å². The number of nitrogens with one attached hydrogen (secondary N) is 2. The lowest BCUT2D eigenvalue weighted by atomic mass is 9.97. The maximum Gasteiger partial charge on any atom is 0.149 e. The fourth-order valence-electron chi connectivity index (χ4n) is 2.93. The summed E-state index contributed by atoms with van der Waals surface area (Å²) >= 11 is 0. The predicted molar refractivity (Wildman–Crippen MR) is 96.1 cm³/mol. The molecule has 6 heteroatoms. The minimum atomic E-state index is -0.657. The second-order valence-electron chi connectivity index (χ2n) is 6.22. The van der Waals surface area contributed by atoms with Crippen molar-refractivity contribution in [2.45, 2.75) is 39.0 Å². The largest absolute Gasteiger partial charge is 0.370 e. The Morgan fingerprint density at radius 3 is 2.68 bits per heavy atom. The van der Waals surface area contributed by atoms with Gasteiger partial charge in [0.1, 0.15) is 29.1 Å². The standard InChI is InChI=1S/C19H22F2N4/c1-13-23-18(22-10-9-14-5-3-2-4-6-14)12-19(24-13)25-17-8-7-15(20)11-16(17)21/h5,7-8,11-12H,2-4,6,9-10H2,1H3,(H2,22,23,24,25). The average Bonchev–Trinajstić information content (AvgIpc) is 2.58. The van der Waals surface area contributed by atoms with E-state index in [9.17, 15) is 8.78 Å². The van der Waals surface area contributed by atoms with E-state index < -0.39 is 11.6 Å². The van der Waals surface area contributed by atoms with Gasteiger partial charge in [-0.05, 0) is 51.2 Å². The third-order valence-electron chi connectivity index (χ3n) is 4.17. The van der Waals surface area contributed by atoms with Crippen molar-refractivity contribution < 1.29 is 8.78 Å². The second-order valence-corrected chi connectivity index (χ2v) is 6.22. The van der Waals surface area contributed by atoms with E-state index in [1.165, 1.54) is 43.4 Å². The number of hydrogen-bond donors (Lipinski definition) is 2. The van der Waals surface area contributed by atoms with Crippen molar-refractivity contribution in [1.29, 1.82) is 0 Å². The number of nitrogens with zero attached hydrogens (tertiary/aromatic N) is 2. The molecule has 1 aromatic heterocycles. The molecule has 1 aromatic carbocycles. The fraction of sp³-hybridized carbons (Fsp3) is 0.368. The lowest BCUT2D eigenvalue weighted by Crippen LogP contribution is -2.08. The Labute approximate surface area is 146 Å². The van der Waals surface area contributed by atoms with Crippen LogP contribution >= 0.6 is 0 Å². The van der Waals surface area contributed by atoms with Gasteiger partial charge >= 0.3 is 0 Å². The van der Waals surface area contributed by atoms with Crippen LogP contribution in [0.1, 0.15) is 37.9 Å². The van der Waals surface area contributed by atoms with Gasteiger partial charge in [0.05, 0.1) is 5.69 Å². The first-order chi connectivity index (χ1) is 12.1. The van der Waals surface area contributed by atoms with Crippen LogP contribution in [0.25, 0.3) is 0 Å². The highest BCUT2D eigenvalue weighted by Gasteiger charge is 2.08. The molecule has 2 aromatic rings. The first-order valence-electron chi connectivity index (χ1n) is 8.60. The number of halogens is 2. The van der Waals surface area contributed by atoms with Gasteiger partial charge < -0.3 is 10.6 Å². The van der Waals surface area contributed by atoms with E-state index in [0.29, 0.717) is 17.5 Å². The number of allylic oxidation sites excluding steroid dienone is 1. The van der Waals surface area contributed by atoms with Crippen LogP contribution in [0.15, 0.2) is 35.9 Å². The third-order valence-corrected chi connectivity index (χ3v) is 4.17. The van der Waals surface area contributed by atoms with Crippen molar-refractivity contribution in [3.63, 3.8) is 0 Å². The monoisotopic (exact) mass is 344 g/mol. The quantitative estimate of drug-likeness (QED) is 0.715. The molecule has 0 amide bonds. The van der Waals surface area contributed by atoms with Gasteiger partial charge in [0.2, 0.25) is 0 Å². The first-order valence-corrected chi connectivity index (χ1v) is 8.60. The number of rotatable bonds is 6. The van der Waals surface area contributed by atoms with Crippen LogP contribution in [0.5, 0.6) is 0 Å². The molecule has 0 spiro atoms.